The maximum Gasteiger partial charge on any atom is 0.321 e. The number of aromatic nitrogens is 3. The summed E-state index contributed by atoms with van der Waals surface area (Å²) in [5.74, 6) is 3.91. The van der Waals surface area contributed by atoms with Crippen molar-refractivity contribution >= 4 is 11.9 Å². The molecule has 0 spiro atoms. The quantitative estimate of drug-likeness (QED) is 0.619. The molecule has 0 saturated heterocycles. The highest BCUT2D eigenvalue weighted by Gasteiger charge is 2.30. The largest absolute Gasteiger partial charge is 0.465 e. The highest BCUT2D eigenvalue weighted by molar-refractivity contribution is 5.81. The zero-order valence-electron chi connectivity index (χ0n) is 10.8. The van der Waals surface area contributed by atoms with Gasteiger partial charge in [-0.05, 0) is 24.6 Å². The van der Waals surface area contributed by atoms with Crippen LogP contribution in [-0.2, 0) is 9.53 Å². The van der Waals surface area contributed by atoms with E-state index in [0.717, 1.165) is 4.68 Å². The first-order valence-corrected chi connectivity index (χ1v) is 5.92. The number of esters is 1. The summed E-state index contributed by atoms with van der Waals surface area (Å²) in [5, 5.41) is 7.39. The SMILES string of the molecule is CCOC(=O)C(c1ccc(F)cc1)c1nnc(N)n1N. The van der Waals surface area contributed by atoms with E-state index in [1.807, 2.05) is 0 Å². The van der Waals surface area contributed by atoms with Crippen LogP contribution in [0.15, 0.2) is 24.3 Å². The third-order valence-electron chi connectivity index (χ3n) is 2.73. The first kappa shape index (κ1) is 13.8. The summed E-state index contributed by atoms with van der Waals surface area (Å²) in [4.78, 5) is 12.1. The number of halogens is 1. The number of hydrogen-bond acceptors (Lipinski definition) is 6. The summed E-state index contributed by atoms with van der Waals surface area (Å²) in [7, 11) is 0. The van der Waals surface area contributed by atoms with Crippen molar-refractivity contribution in [2.24, 2.45) is 0 Å². The lowest BCUT2D eigenvalue weighted by Crippen LogP contribution is -2.25. The Morgan fingerprint density at radius 3 is 2.55 bits per heavy atom. The molecule has 0 aliphatic rings. The summed E-state index contributed by atoms with van der Waals surface area (Å²) in [5.41, 5.74) is 6.00. The van der Waals surface area contributed by atoms with Gasteiger partial charge in [0.25, 0.3) is 0 Å². The smallest absolute Gasteiger partial charge is 0.321 e. The molecular weight excluding hydrogens is 265 g/mol. The lowest BCUT2D eigenvalue weighted by atomic mass is 9.98. The van der Waals surface area contributed by atoms with E-state index >= 15 is 0 Å². The zero-order valence-corrected chi connectivity index (χ0v) is 10.8. The number of nitrogens with zero attached hydrogens (tertiary/aromatic N) is 3. The summed E-state index contributed by atoms with van der Waals surface area (Å²) >= 11 is 0. The van der Waals surface area contributed by atoms with Gasteiger partial charge in [-0.15, -0.1) is 10.2 Å². The number of ether oxygens (including phenoxy) is 1. The Morgan fingerprint density at radius 2 is 2.05 bits per heavy atom. The lowest BCUT2D eigenvalue weighted by Gasteiger charge is -2.15. The molecule has 20 heavy (non-hydrogen) atoms. The van der Waals surface area contributed by atoms with Crippen LogP contribution in [0, 0.1) is 5.82 Å². The summed E-state index contributed by atoms with van der Waals surface area (Å²) in [6.45, 7) is 1.88. The fourth-order valence-electron chi connectivity index (χ4n) is 1.78. The molecule has 1 atom stereocenters. The summed E-state index contributed by atoms with van der Waals surface area (Å²) < 4.78 is 19.0. The minimum absolute atomic E-state index is 0.0311. The molecule has 0 amide bonds. The third-order valence-corrected chi connectivity index (χ3v) is 2.73. The molecule has 7 nitrogen and oxygen atoms in total. The van der Waals surface area contributed by atoms with E-state index in [0.29, 0.717) is 5.56 Å². The minimum Gasteiger partial charge on any atom is -0.465 e. The van der Waals surface area contributed by atoms with Crippen molar-refractivity contribution in [1.82, 2.24) is 14.9 Å². The number of rotatable bonds is 4. The molecule has 2 aromatic rings. The van der Waals surface area contributed by atoms with E-state index in [1.54, 1.807) is 6.92 Å². The Morgan fingerprint density at radius 1 is 1.40 bits per heavy atom. The van der Waals surface area contributed by atoms with Gasteiger partial charge in [-0.3, -0.25) is 4.79 Å². The average molecular weight is 279 g/mol. The second-order valence-electron chi connectivity index (χ2n) is 4.02. The zero-order chi connectivity index (χ0) is 14.7. The molecule has 1 aromatic heterocycles. The van der Waals surface area contributed by atoms with Crippen LogP contribution in [0.5, 0.6) is 0 Å². The van der Waals surface area contributed by atoms with Crippen molar-refractivity contribution in [1.29, 1.82) is 0 Å². The molecule has 0 radical (unpaired) electrons. The summed E-state index contributed by atoms with van der Waals surface area (Å²) in [6, 6.07) is 5.40. The van der Waals surface area contributed by atoms with Crippen LogP contribution in [0.2, 0.25) is 0 Å². The predicted octanol–water partition coefficient (Wildman–Crippen LogP) is 0.408. The van der Waals surface area contributed by atoms with Crippen LogP contribution in [0.25, 0.3) is 0 Å². The summed E-state index contributed by atoms with van der Waals surface area (Å²) in [6.07, 6.45) is 0. The third kappa shape index (κ3) is 2.53. The van der Waals surface area contributed by atoms with Gasteiger partial charge in [-0.25, -0.2) is 9.07 Å². The Hall–Kier alpha value is -2.64. The highest BCUT2D eigenvalue weighted by Crippen LogP contribution is 2.25. The van der Waals surface area contributed by atoms with Gasteiger partial charge < -0.3 is 16.3 Å². The first-order valence-electron chi connectivity index (χ1n) is 5.92. The monoisotopic (exact) mass is 279 g/mol. The number of nitrogens with two attached hydrogens (primary N) is 2. The van der Waals surface area contributed by atoms with Crippen molar-refractivity contribution in [2.75, 3.05) is 18.2 Å². The van der Waals surface area contributed by atoms with Gasteiger partial charge in [0.2, 0.25) is 5.95 Å². The Balaban J connectivity index is 2.47. The normalized spacial score (nSPS) is 12.1. The first-order chi connectivity index (χ1) is 9.54. The Kier molecular flexibility index (Phi) is 3.83. The fourth-order valence-corrected chi connectivity index (χ4v) is 1.78. The second-order valence-corrected chi connectivity index (χ2v) is 4.02. The highest BCUT2D eigenvalue weighted by atomic mass is 19.1. The number of carbonyl (C=O) groups is 1. The number of benzene rings is 1. The van der Waals surface area contributed by atoms with Crippen molar-refractivity contribution < 1.29 is 13.9 Å². The van der Waals surface area contributed by atoms with Gasteiger partial charge >= 0.3 is 5.97 Å². The molecule has 1 heterocycles. The lowest BCUT2D eigenvalue weighted by molar-refractivity contribution is -0.144. The van der Waals surface area contributed by atoms with Crippen LogP contribution in [0.1, 0.15) is 24.2 Å². The Bertz CT molecular complexity index is 611. The average Bonchev–Trinajstić information content (AvgIpc) is 2.74. The molecule has 2 rings (SSSR count). The molecule has 106 valence electrons. The molecule has 8 heteroatoms. The van der Waals surface area contributed by atoms with Crippen LogP contribution in [0.3, 0.4) is 0 Å². The van der Waals surface area contributed by atoms with Gasteiger partial charge in [0.1, 0.15) is 11.7 Å². The molecule has 0 aliphatic heterocycles. The van der Waals surface area contributed by atoms with Gasteiger partial charge in [0.15, 0.2) is 5.82 Å². The van der Waals surface area contributed by atoms with Crippen molar-refractivity contribution in [3.63, 3.8) is 0 Å². The number of carbonyl (C=O) groups excluding carboxylic acids is 1. The van der Waals surface area contributed by atoms with Gasteiger partial charge in [0, 0.05) is 0 Å². The van der Waals surface area contributed by atoms with Crippen LogP contribution in [-0.4, -0.2) is 27.4 Å². The molecule has 0 fully saturated rings. The van der Waals surface area contributed by atoms with Gasteiger partial charge in [-0.2, -0.15) is 0 Å². The standard InChI is InChI=1S/C12H14FN5O2/c1-2-20-11(19)9(7-3-5-8(13)6-4-7)10-16-17-12(14)18(10)15/h3-6,9H,2,15H2,1H3,(H2,14,17). The van der Waals surface area contributed by atoms with Crippen molar-refractivity contribution in [3.8, 4) is 0 Å². The minimum atomic E-state index is -0.912. The van der Waals surface area contributed by atoms with E-state index in [2.05, 4.69) is 10.2 Å². The van der Waals surface area contributed by atoms with Gasteiger partial charge in [-0.1, -0.05) is 12.1 Å². The molecule has 0 saturated carbocycles. The van der Waals surface area contributed by atoms with Crippen LogP contribution in [0.4, 0.5) is 10.3 Å². The maximum atomic E-state index is 13.0. The molecule has 0 aliphatic carbocycles. The van der Waals surface area contributed by atoms with E-state index in [1.165, 1.54) is 24.3 Å². The van der Waals surface area contributed by atoms with Crippen LogP contribution < -0.4 is 11.6 Å². The van der Waals surface area contributed by atoms with Crippen molar-refractivity contribution in [2.45, 2.75) is 12.8 Å². The van der Waals surface area contributed by atoms with Crippen molar-refractivity contribution in [3.05, 3.63) is 41.5 Å². The van der Waals surface area contributed by atoms with E-state index in [-0.39, 0.29) is 18.4 Å². The Labute approximate surface area is 114 Å². The number of anilines is 1. The molecule has 1 aromatic carbocycles. The number of nitrogen functional groups attached to an aromatic ring is 2. The van der Waals surface area contributed by atoms with E-state index in [4.69, 9.17) is 16.3 Å². The topological polar surface area (TPSA) is 109 Å². The fraction of sp³-hybridized carbons (Fsp3) is 0.250. The molecule has 1 unspecified atom stereocenters. The number of hydrogen-bond donors (Lipinski definition) is 2. The van der Waals surface area contributed by atoms with E-state index < -0.39 is 17.7 Å². The molecule has 0 bridgehead atoms. The second kappa shape index (κ2) is 5.55. The van der Waals surface area contributed by atoms with Gasteiger partial charge in [0.05, 0.1) is 6.61 Å². The maximum absolute atomic E-state index is 13.0. The molecule has 4 N–H and O–H groups in total. The van der Waals surface area contributed by atoms with E-state index in [9.17, 15) is 9.18 Å². The van der Waals surface area contributed by atoms with Crippen LogP contribution >= 0.6 is 0 Å². The molecular formula is C12H14FN5O2. The predicted molar refractivity (Wildman–Crippen MR) is 69.5 cm³/mol.